The number of piperidine rings is 1. The van der Waals surface area contributed by atoms with Crippen molar-refractivity contribution in [1.29, 1.82) is 0 Å². The fraction of sp³-hybridized carbons (Fsp3) is 0.455. The van der Waals surface area contributed by atoms with Gasteiger partial charge in [-0.05, 0) is 75.0 Å². The molecule has 0 aromatic heterocycles. The van der Waals surface area contributed by atoms with Crippen LogP contribution >= 0.6 is 9.24 Å². The summed E-state index contributed by atoms with van der Waals surface area (Å²) in [7, 11) is 2.89. The average Bonchev–Trinajstić information content (AvgIpc) is 2.92. The molecule has 1 saturated heterocycles. The van der Waals surface area contributed by atoms with Crippen LogP contribution in [0, 0.1) is 0 Å². The molecule has 0 amide bonds. The Morgan fingerprint density at radius 1 is 0.960 bits per heavy atom. The van der Waals surface area contributed by atoms with Gasteiger partial charge in [0.15, 0.2) is 5.75 Å². The van der Waals surface area contributed by atoms with Crippen LogP contribution in [-0.4, -0.2) is 16.1 Å². The summed E-state index contributed by atoms with van der Waals surface area (Å²) in [6.45, 7) is 9.19. The van der Waals surface area contributed by atoms with Gasteiger partial charge in [-0.25, -0.2) is 0 Å². The summed E-state index contributed by atoms with van der Waals surface area (Å²) in [4.78, 5) is 6.64. The first-order valence-corrected chi connectivity index (χ1v) is 9.85. The zero-order valence-corrected chi connectivity index (χ0v) is 16.9. The number of fused-ring (bicyclic) bond motifs is 3. The Hall–Kier alpha value is -1.37. The molecule has 1 fully saturated rings. The predicted octanol–water partition coefficient (Wildman–Crippen LogP) is 5.10. The van der Waals surface area contributed by atoms with E-state index in [1.165, 1.54) is 46.8 Å². The molecule has 132 valence electrons. The van der Waals surface area contributed by atoms with Crippen LogP contribution in [0.1, 0.15) is 58.1 Å². The standard InChI is InChI=1S/C22H28NOP/c1-21(2)12-7-13-22(3,4)23(21)24-18-10-11-19(25)20-16-9-6-5-8-15(16)14-17(18)20/h5-6,8-11H,7,12-14,25H2,1-4H3. The normalized spacial score (nSPS) is 20.8. The largest absolute Gasteiger partial charge is 0.405 e. The van der Waals surface area contributed by atoms with Gasteiger partial charge in [0.1, 0.15) is 0 Å². The molecule has 1 atom stereocenters. The van der Waals surface area contributed by atoms with Gasteiger partial charge in [0.2, 0.25) is 0 Å². The van der Waals surface area contributed by atoms with E-state index >= 15 is 0 Å². The third-order valence-electron chi connectivity index (χ3n) is 5.82. The first kappa shape index (κ1) is 17.1. The van der Waals surface area contributed by atoms with Crippen LogP contribution in [0.4, 0.5) is 0 Å². The Morgan fingerprint density at radius 3 is 2.36 bits per heavy atom. The lowest BCUT2D eigenvalue weighted by atomic mass is 9.82. The van der Waals surface area contributed by atoms with E-state index in [-0.39, 0.29) is 11.1 Å². The molecule has 2 aliphatic rings. The highest BCUT2D eigenvalue weighted by molar-refractivity contribution is 7.28. The Balaban J connectivity index is 1.76. The van der Waals surface area contributed by atoms with E-state index in [0.29, 0.717) is 0 Å². The smallest absolute Gasteiger partial charge is 0.151 e. The lowest BCUT2D eigenvalue weighted by molar-refractivity contribution is -0.217. The first-order valence-electron chi connectivity index (χ1n) is 9.27. The van der Waals surface area contributed by atoms with E-state index in [4.69, 9.17) is 4.84 Å². The maximum absolute atomic E-state index is 6.64. The van der Waals surface area contributed by atoms with E-state index < -0.39 is 0 Å². The van der Waals surface area contributed by atoms with Crippen molar-refractivity contribution in [2.24, 2.45) is 0 Å². The minimum atomic E-state index is 0.0414. The Labute approximate surface area is 153 Å². The molecule has 3 heteroatoms. The van der Waals surface area contributed by atoms with Crippen molar-refractivity contribution < 1.29 is 4.84 Å². The SMILES string of the molecule is CC1(C)CCCC(C)(C)N1Oc1ccc(P)c2c1Cc1ccccc1-2. The summed E-state index contributed by atoms with van der Waals surface area (Å²) in [5.41, 5.74) is 5.50. The van der Waals surface area contributed by atoms with Crippen molar-refractivity contribution in [3.63, 3.8) is 0 Å². The molecule has 0 radical (unpaired) electrons. The zero-order chi connectivity index (χ0) is 17.8. The molecular weight excluding hydrogens is 325 g/mol. The van der Waals surface area contributed by atoms with Crippen molar-refractivity contribution in [2.45, 2.75) is 64.5 Å². The van der Waals surface area contributed by atoms with Crippen LogP contribution in [-0.2, 0) is 6.42 Å². The quantitative estimate of drug-likeness (QED) is 0.595. The fourth-order valence-corrected chi connectivity index (χ4v) is 5.08. The van der Waals surface area contributed by atoms with Gasteiger partial charge in [0, 0.05) is 12.0 Å². The van der Waals surface area contributed by atoms with Crippen LogP contribution in [0.2, 0.25) is 0 Å². The molecule has 1 aliphatic heterocycles. The van der Waals surface area contributed by atoms with E-state index in [1.807, 2.05) is 0 Å². The van der Waals surface area contributed by atoms with Crippen molar-refractivity contribution >= 4 is 14.5 Å². The Kier molecular flexibility index (Phi) is 3.98. The first-order chi connectivity index (χ1) is 11.8. The third-order valence-corrected chi connectivity index (χ3v) is 6.30. The van der Waals surface area contributed by atoms with Gasteiger partial charge in [0.25, 0.3) is 0 Å². The molecule has 1 unspecified atom stereocenters. The van der Waals surface area contributed by atoms with Crippen LogP contribution in [0.15, 0.2) is 36.4 Å². The van der Waals surface area contributed by atoms with E-state index in [9.17, 15) is 0 Å². The number of hydroxylamine groups is 2. The molecule has 0 spiro atoms. The predicted molar refractivity (Wildman–Crippen MR) is 109 cm³/mol. The molecule has 0 bridgehead atoms. The topological polar surface area (TPSA) is 12.5 Å². The molecule has 0 saturated carbocycles. The molecule has 25 heavy (non-hydrogen) atoms. The van der Waals surface area contributed by atoms with Crippen LogP contribution in [0.5, 0.6) is 5.75 Å². The maximum atomic E-state index is 6.64. The van der Waals surface area contributed by atoms with E-state index in [2.05, 4.69) is 78.4 Å². The number of benzene rings is 2. The van der Waals surface area contributed by atoms with Crippen LogP contribution < -0.4 is 10.1 Å². The summed E-state index contributed by atoms with van der Waals surface area (Å²) in [5.74, 6) is 1.01. The van der Waals surface area contributed by atoms with Crippen molar-refractivity contribution in [3.05, 3.63) is 47.5 Å². The summed E-state index contributed by atoms with van der Waals surface area (Å²) < 4.78 is 0. The van der Waals surface area contributed by atoms with Crippen molar-refractivity contribution in [1.82, 2.24) is 5.06 Å². The second kappa shape index (κ2) is 5.83. The number of hydrogen-bond donors (Lipinski definition) is 0. The monoisotopic (exact) mass is 353 g/mol. The van der Waals surface area contributed by atoms with Crippen LogP contribution in [0.3, 0.4) is 0 Å². The van der Waals surface area contributed by atoms with Gasteiger partial charge < -0.3 is 4.84 Å². The highest BCUT2D eigenvalue weighted by Crippen LogP contribution is 2.44. The fourth-order valence-electron chi connectivity index (χ4n) is 4.66. The van der Waals surface area contributed by atoms with Crippen molar-refractivity contribution in [3.8, 4) is 16.9 Å². The van der Waals surface area contributed by atoms with Gasteiger partial charge in [-0.2, -0.15) is 0 Å². The van der Waals surface area contributed by atoms with Crippen molar-refractivity contribution in [2.75, 3.05) is 0 Å². The lowest BCUT2D eigenvalue weighted by Gasteiger charge is -2.51. The van der Waals surface area contributed by atoms with Gasteiger partial charge in [0.05, 0.1) is 11.1 Å². The minimum Gasteiger partial charge on any atom is -0.405 e. The lowest BCUT2D eigenvalue weighted by Crippen LogP contribution is -2.60. The summed E-state index contributed by atoms with van der Waals surface area (Å²) >= 11 is 0. The maximum Gasteiger partial charge on any atom is 0.151 e. The molecule has 4 rings (SSSR count). The second-order valence-corrected chi connectivity index (χ2v) is 9.33. The minimum absolute atomic E-state index is 0.0414. The number of rotatable bonds is 2. The molecule has 2 aromatic rings. The second-order valence-electron chi connectivity index (χ2n) is 8.70. The summed E-state index contributed by atoms with van der Waals surface area (Å²) in [6.07, 6.45) is 4.55. The zero-order valence-electron chi connectivity index (χ0n) is 15.7. The highest BCUT2D eigenvalue weighted by Gasteiger charge is 2.44. The van der Waals surface area contributed by atoms with Crippen LogP contribution in [0.25, 0.3) is 11.1 Å². The molecule has 0 N–H and O–H groups in total. The molecular formula is C22H28NOP. The third kappa shape index (κ3) is 2.80. The molecule has 2 nitrogen and oxygen atoms in total. The summed E-state index contributed by atoms with van der Waals surface area (Å²) in [6, 6.07) is 13.0. The highest BCUT2D eigenvalue weighted by atomic mass is 31.0. The number of nitrogens with zero attached hydrogens (tertiary/aromatic N) is 1. The number of hydrogen-bond acceptors (Lipinski definition) is 2. The average molecular weight is 353 g/mol. The van der Waals surface area contributed by atoms with Gasteiger partial charge in [-0.1, -0.05) is 30.3 Å². The van der Waals surface area contributed by atoms with Gasteiger partial charge >= 0.3 is 0 Å². The molecule has 2 aromatic carbocycles. The summed E-state index contributed by atoms with van der Waals surface area (Å²) in [5, 5.41) is 3.51. The molecule has 1 aliphatic carbocycles. The van der Waals surface area contributed by atoms with Gasteiger partial charge in [-0.3, -0.25) is 0 Å². The Bertz CT molecular complexity index is 809. The molecule has 1 heterocycles. The van der Waals surface area contributed by atoms with Gasteiger partial charge in [-0.15, -0.1) is 14.3 Å². The van der Waals surface area contributed by atoms with E-state index in [0.717, 1.165) is 12.2 Å². The van der Waals surface area contributed by atoms with E-state index in [1.54, 1.807) is 0 Å². The Morgan fingerprint density at radius 2 is 1.64 bits per heavy atom.